The highest BCUT2D eigenvalue weighted by Gasteiger charge is 2.21. The van der Waals surface area contributed by atoms with Crippen molar-refractivity contribution in [3.8, 4) is 0 Å². The number of thiol groups is 1. The Morgan fingerprint density at radius 2 is 1.75 bits per heavy atom. The van der Waals surface area contributed by atoms with E-state index in [4.69, 9.17) is 4.52 Å². The number of hydrogen-bond acceptors (Lipinski definition) is 4. The summed E-state index contributed by atoms with van der Waals surface area (Å²) in [7, 11) is 0. The molecule has 0 aliphatic rings. The molecule has 0 fully saturated rings. The van der Waals surface area contributed by atoms with Crippen LogP contribution in [-0.4, -0.2) is 11.4 Å². The second kappa shape index (κ2) is 6.33. The average Bonchev–Trinajstić information content (AvgIpc) is 1.53. The van der Waals surface area contributed by atoms with Crippen LogP contribution < -0.4 is 6.15 Å². The van der Waals surface area contributed by atoms with Crippen LogP contribution in [0.3, 0.4) is 0 Å². The van der Waals surface area contributed by atoms with Gasteiger partial charge in [0.1, 0.15) is 0 Å². The van der Waals surface area contributed by atoms with Gasteiger partial charge in [0.15, 0.2) is 0 Å². The van der Waals surface area contributed by atoms with Crippen molar-refractivity contribution in [2.24, 2.45) is 0 Å². The summed E-state index contributed by atoms with van der Waals surface area (Å²) < 4.78 is 16.6. The summed E-state index contributed by atoms with van der Waals surface area (Å²) in [5.41, 5.74) is 0. The largest absolute Gasteiger partial charge is 0.344 e. The second-order valence-electron chi connectivity index (χ2n) is 2.78. The summed E-state index contributed by atoms with van der Waals surface area (Å²) in [6, 6.07) is 0. The van der Waals surface area contributed by atoms with Gasteiger partial charge in [0.25, 0.3) is 0 Å². The van der Waals surface area contributed by atoms with Gasteiger partial charge < -0.3 is 10.7 Å². The first-order chi connectivity index (χ1) is 4.83. The van der Waals surface area contributed by atoms with Crippen LogP contribution in [0.15, 0.2) is 0 Å². The summed E-state index contributed by atoms with van der Waals surface area (Å²) in [6.45, 7) is 7.64. The van der Waals surface area contributed by atoms with E-state index in [9.17, 15) is 4.57 Å². The molecule has 0 saturated heterocycles. The third kappa shape index (κ3) is 8.94. The van der Waals surface area contributed by atoms with Crippen molar-refractivity contribution in [2.75, 3.05) is 0 Å². The molecule has 0 bridgehead atoms. The average molecular weight is 231 g/mol. The van der Waals surface area contributed by atoms with Crippen molar-refractivity contribution >= 4 is 29.4 Å². The topological polar surface area (TPSA) is 61.3 Å². The molecule has 0 spiro atoms. The molecule has 3 nitrogen and oxygen atoms in total. The fraction of sp³-hybridized carbons (Fsp3) is 1.00. The summed E-state index contributed by atoms with van der Waals surface area (Å²) >= 11 is 5.24. The van der Waals surface area contributed by atoms with Crippen LogP contribution in [0, 0.1) is 0 Å². The molecule has 3 N–H and O–H groups in total. The highest BCUT2D eigenvalue weighted by atomic mass is 33.1. The van der Waals surface area contributed by atoms with Crippen molar-refractivity contribution in [2.45, 2.75) is 39.0 Å². The van der Waals surface area contributed by atoms with Gasteiger partial charge in [-0.1, -0.05) is 37.5 Å². The molecular weight excluding hydrogens is 213 g/mol. The molecule has 1 atom stereocenters. The Hall–Kier alpha value is 0.850. The summed E-state index contributed by atoms with van der Waals surface area (Å²) in [4.78, 5) is 0. The molecule has 0 aliphatic carbocycles. The van der Waals surface area contributed by atoms with E-state index in [-0.39, 0.29) is 17.5 Å². The zero-order valence-electron chi connectivity index (χ0n) is 7.98. The molecule has 0 rings (SSSR count). The molecule has 0 saturated carbocycles. The van der Waals surface area contributed by atoms with E-state index in [0.29, 0.717) is 0 Å². The third-order valence-electron chi connectivity index (χ3n) is 0.688. The van der Waals surface area contributed by atoms with Gasteiger partial charge in [0.2, 0.25) is 0 Å². The Kier molecular flexibility index (Phi) is 8.08. The van der Waals surface area contributed by atoms with Crippen molar-refractivity contribution < 1.29 is 9.09 Å². The Labute approximate surface area is 84.0 Å². The first-order valence-electron chi connectivity index (χ1n) is 3.53. The Bertz CT molecular complexity index is 150. The lowest BCUT2D eigenvalue weighted by molar-refractivity contribution is 0.261. The highest BCUT2D eigenvalue weighted by Crippen LogP contribution is 2.65. The van der Waals surface area contributed by atoms with Crippen molar-refractivity contribution in [3.63, 3.8) is 0 Å². The minimum absolute atomic E-state index is 0. The lowest BCUT2D eigenvalue weighted by Crippen LogP contribution is -1.97. The van der Waals surface area contributed by atoms with Gasteiger partial charge in [-0.15, -0.1) is 0 Å². The van der Waals surface area contributed by atoms with E-state index < -0.39 is 5.77 Å². The fourth-order valence-electron chi connectivity index (χ4n) is 0.558. The predicted molar refractivity (Wildman–Crippen MR) is 60.6 cm³/mol. The summed E-state index contributed by atoms with van der Waals surface area (Å²) in [5, 5.41) is 0.289. The first kappa shape index (κ1) is 15.3. The van der Waals surface area contributed by atoms with Gasteiger partial charge in [-0.05, 0) is 13.8 Å². The second-order valence-corrected chi connectivity index (χ2v) is 9.54. The summed E-state index contributed by atoms with van der Waals surface area (Å²) in [6.07, 6.45) is -0.0235. The van der Waals surface area contributed by atoms with E-state index in [2.05, 4.69) is 12.2 Å². The van der Waals surface area contributed by atoms with Crippen LogP contribution in [0.1, 0.15) is 27.7 Å². The summed E-state index contributed by atoms with van der Waals surface area (Å²) in [5.74, 6) is -2.69. The van der Waals surface area contributed by atoms with Gasteiger partial charge in [-0.25, -0.2) is 0 Å². The van der Waals surface area contributed by atoms with Crippen LogP contribution in [0.2, 0.25) is 0 Å². The maximum absolute atomic E-state index is 11.4. The molecule has 1 unspecified atom stereocenters. The van der Waals surface area contributed by atoms with Crippen LogP contribution in [0.25, 0.3) is 0 Å². The molecule has 0 amide bonds. The van der Waals surface area contributed by atoms with Crippen LogP contribution >= 0.6 is 29.4 Å². The Morgan fingerprint density at radius 1 is 1.33 bits per heavy atom. The van der Waals surface area contributed by atoms with Crippen molar-refractivity contribution in [3.05, 3.63) is 0 Å². The minimum atomic E-state index is -2.69. The molecule has 0 radical (unpaired) electrons. The van der Waals surface area contributed by atoms with E-state index in [0.717, 1.165) is 0 Å². The lowest BCUT2D eigenvalue weighted by atomic mass is 10.5. The van der Waals surface area contributed by atoms with Gasteiger partial charge in [0, 0.05) is 5.25 Å². The van der Waals surface area contributed by atoms with Gasteiger partial charge in [-0.2, -0.15) is 0 Å². The third-order valence-corrected chi connectivity index (χ3v) is 5.52. The molecule has 0 heterocycles. The zero-order valence-corrected chi connectivity index (χ0v) is 10.6. The van der Waals surface area contributed by atoms with E-state index >= 15 is 0 Å². The maximum Gasteiger partial charge on any atom is 0.310 e. The van der Waals surface area contributed by atoms with Crippen LogP contribution in [0.5, 0.6) is 0 Å². The first-order valence-corrected chi connectivity index (χ1v) is 7.79. The maximum atomic E-state index is 11.4. The molecule has 76 valence electrons. The molecule has 0 aromatic heterocycles. The molecule has 0 aromatic rings. The molecule has 0 aliphatic heterocycles. The highest BCUT2D eigenvalue weighted by molar-refractivity contribution is 8.84. The standard InChI is InChI=1S/C6H15O2PS2.H3N/c1-5(2)8-9(7,10)11-6(3)4;/h5-6H,1-4H3,(H,7,10);1H3. The van der Waals surface area contributed by atoms with Crippen LogP contribution in [-0.2, 0) is 9.09 Å². The SMILES string of the molecule is CC(C)OP(=O)(S)SC(C)C.N. The van der Waals surface area contributed by atoms with Gasteiger partial charge in [-0.3, -0.25) is 4.57 Å². The Balaban J connectivity index is 0. The minimum Gasteiger partial charge on any atom is -0.344 e. The smallest absolute Gasteiger partial charge is 0.310 e. The van der Waals surface area contributed by atoms with E-state index in [1.165, 1.54) is 11.4 Å². The van der Waals surface area contributed by atoms with Gasteiger partial charge >= 0.3 is 5.77 Å². The monoisotopic (exact) mass is 231 g/mol. The van der Waals surface area contributed by atoms with Crippen molar-refractivity contribution in [1.82, 2.24) is 6.15 Å². The molecule has 12 heavy (non-hydrogen) atoms. The number of rotatable bonds is 4. The van der Waals surface area contributed by atoms with E-state index in [1.54, 1.807) is 0 Å². The number of hydrogen-bond donors (Lipinski definition) is 2. The van der Waals surface area contributed by atoms with Gasteiger partial charge in [0.05, 0.1) is 6.10 Å². The van der Waals surface area contributed by atoms with E-state index in [1.807, 2.05) is 27.7 Å². The van der Waals surface area contributed by atoms with Crippen LogP contribution in [0.4, 0.5) is 0 Å². The fourth-order valence-corrected chi connectivity index (χ4v) is 6.20. The Morgan fingerprint density at radius 3 is 2.00 bits per heavy atom. The molecular formula is C6H18NO2PS2. The normalized spacial score (nSPS) is 15.9. The molecule has 0 aromatic carbocycles. The van der Waals surface area contributed by atoms with Crippen molar-refractivity contribution in [1.29, 1.82) is 0 Å². The zero-order chi connectivity index (χ0) is 9.07. The lowest BCUT2D eigenvalue weighted by Gasteiger charge is -2.16. The quantitative estimate of drug-likeness (QED) is 0.571. The molecule has 6 heteroatoms. The predicted octanol–water partition coefficient (Wildman–Crippen LogP) is 3.75.